The molecule has 2 rings (SSSR count). The Labute approximate surface area is 97.9 Å². The summed E-state index contributed by atoms with van der Waals surface area (Å²) >= 11 is 0. The summed E-state index contributed by atoms with van der Waals surface area (Å²) in [6.07, 6.45) is 3.36. The molecule has 1 aliphatic carbocycles. The second-order valence-electron chi connectivity index (χ2n) is 5.30. The maximum atomic E-state index is 12.3. The Balaban J connectivity index is 2.21. The highest BCUT2D eigenvalue weighted by atomic mass is 16.1. The van der Waals surface area contributed by atoms with E-state index >= 15 is 0 Å². The van der Waals surface area contributed by atoms with Gasteiger partial charge in [0.05, 0.1) is 0 Å². The van der Waals surface area contributed by atoms with Gasteiger partial charge >= 0.3 is 0 Å². The van der Waals surface area contributed by atoms with Crippen molar-refractivity contribution in [2.45, 2.75) is 40.0 Å². The minimum absolute atomic E-state index is 0.274. The van der Waals surface area contributed by atoms with E-state index in [9.17, 15) is 4.79 Å². The summed E-state index contributed by atoms with van der Waals surface area (Å²) in [5.41, 5.74) is 3.29. The third-order valence-electron chi connectivity index (χ3n) is 3.71. The minimum atomic E-state index is 0.274. The molecule has 0 radical (unpaired) electrons. The monoisotopic (exact) mass is 216 g/mol. The Morgan fingerprint density at radius 2 is 2.00 bits per heavy atom. The number of carbonyl (C=O) groups is 1. The molecule has 0 N–H and O–H groups in total. The molecule has 1 aromatic carbocycles. The molecule has 2 atom stereocenters. The Hall–Kier alpha value is -1.11. The van der Waals surface area contributed by atoms with Crippen LogP contribution in [0.3, 0.4) is 0 Å². The van der Waals surface area contributed by atoms with Gasteiger partial charge in [-0.1, -0.05) is 30.7 Å². The zero-order valence-corrected chi connectivity index (χ0v) is 10.4. The van der Waals surface area contributed by atoms with Crippen LogP contribution in [-0.4, -0.2) is 5.78 Å². The van der Waals surface area contributed by atoms with E-state index in [1.807, 2.05) is 19.1 Å². The zero-order chi connectivity index (χ0) is 11.7. The lowest BCUT2D eigenvalue weighted by Crippen LogP contribution is -2.13. The molecule has 16 heavy (non-hydrogen) atoms. The molecule has 0 aromatic heterocycles. The van der Waals surface area contributed by atoms with Gasteiger partial charge in [0.1, 0.15) is 0 Å². The first-order chi connectivity index (χ1) is 7.58. The Kier molecular flexibility index (Phi) is 3.13. The largest absolute Gasteiger partial charge is 0.294 e. The fraction of sp³-hybridized carbons (Fsp3) is 0.533. The van der Waals surface area contributed by atoms with Gasteiger partial charge in [-0.2, -0.15) is 0 Å². The highest BCUT2D eigenvalue weighted by Crippen LogP contribution is 2.33. The summed E-state index contributed by atoms with van der Waals surface area (Å²) in [6, 6.07) is 6.14. The topological polar surface area (TPSA) is 17.1 Å². The average Bonchev–Trinajstić information content (AvgIpc) is 2.64. The van der Waals surface area contributed by atoms with Crippen molar-refractivity contribution in [3.8, 4) is 0 Å². The predicted octanol–water partition coefficient (Wildman–Crippen LogP) is 3.92. The molecule has 86 valence electrons. The van der Waals surface area contributed by atoms with Crippen LogP contribution >= 0.6 is 0 Å². The van der Waals surface area contributed by atoms with Gasteiger partial charge in [0.2, 0.25) is 0 Å². The molecule has 0 heterocycles. The Morgan fingerprint density at radius 3 is 2.56 bits per heavy atom. The molecule has 2 unspecified atom stereocenters. The van der Waals surface area contributed by atoms with E-state index in [1.165, 1.54) is 12.0 Å². The number of Topliss-reactive ketones (excluding diaryl/α,β-unsaturated/α-hetero) is 1. The van der Waals surface area contributed by atoms with Crippen molar-refractivity contribution in [2.75, 3.05) is 0 Å². The molecule has 0 amide bonds. The molecule has 0 saturated heterocycles. The van der Waals surface area contributed by atoms with Crippen molar-refractivity contribution >= 4 is 5.78 Å². The van der Waals surface area contributed by atoms with Gasteiger partial charge in [-0.15, -0.1) is 0 Å². The van der Waals surface area contributed by atoms with Crippen LogP contribution in [0.2, 0.25) is 0 Å². The number of carbonyl (C=O) groups excluding carboxylic acids is 1. The molecule has 1 fully saturated rings. The molecule has 1 nitrogen and oxygen atoms in total. The molecular weight excluding hydrogens is 196 g/mol. The smallest absolute Gasteiger partial charge is 0.166 e. The van der Waals surface area contributed by atoms with Crippen LogP contribution in [0.5, 0.6) is 0 Å². The van der Waals surface area contributed by atoms with E-state index in [-0.39, 0.29) is 5.92 Å². The van der Waals surface area contributed by atoms with Crippen molar-refractivity contribution in [1.29, 1.82) is 0 Å². The lowest BCUT2D eigenvalue weighted by Gasteiger charge is -2.11. The summed E-state index contributed by atoms with van der Waals surface area (Å²) in [5, 5.41) is 0. The number of hydrogen-bond donors (Lipinski definition) is 0. The fourth-order valence-electron chi connectivity index (χ4n) is 2.76. The van der Waals surface area contributed by atoms with Gasteiger partial charge in [0, 0.05) is 11.5 Å². The number of aryl methyl sites for hydroxylation is 2. The fourth-order valence-corrected chi connectivity index (χ4v) is 2.76. The minimum Gasteiger partial charge on any atom is -0.294 e. The first-order valence-electron chi connectivity index (χ1n) is 6.19. The predicted molar refractivity (Wildman–Crippen MR) is 66.8 cm³/mol. The van der Waals surface area contributed by atoms with E-state index in [4.69, 9.17) is 0 Å². The van der Waals surface area contributed by atoms with Crippen molar-refractivity contribution in [2.24, 2.45) is 11.8 Å². The van der Waals surface area contributed by atoms with Crippen molar-refractivity contribution in [3.05, 3.63) is 34.9 Å². The molecule has 0 spiro atoms. The molecule has 1 aromatic rings. The summed E-state index contributed by atoms with van der Waals surface area (Å²) in [4.78, 5) is 12.3. The van der Waals surface area contributed by atoms with Crippen molar-refractivity contribution in [1.82, 2.24) is 0 Å². The highest BCUT2D eigenvalue weighted by Gasteiger charge is 2.28. The van der Waals surface area contributed by atoms with E-state index in [0.717, 1.165) is 29.9 Å². The van der Waals surface area contributed by atoms with Gasteiger partial charge in [-0.25, -0.2) is 0 Å². The Morgan fingerprint density at radius 1 is 1.25 bits per heavy atom. The molecular formula is C15H20O. The average molecular weight is 216 g/mol. The third-order valence-corrected chi connectivity index (χ3v) is 3.71. The van der Waals surface area contributed by atoms with E-state index in [0.29, 0.717) is 5.78 Å². The number of rotatable bonds is 2. The quantitative estimate of drug-likeness (QED) is 0.685. The van der Waals surface area contributed by atoms with Crippen LogP contribution < -0.4 is 0 Å². The van der Waals surface area contributed by atoms with Gasteiger partial charge in [0.25, 0.3) is 0 Å². The molecule has 0 aliphatic heterocycles. The van der Waals surface area contributed by atoms with Crippen LogP contribution in [0.4, 0.5) is 0 Å². The first kappa shape index (κ1) is 11.4. The van der Waals surface area contributed by atoms with Gasteiger partial charge in [-0.05, 0) is 44.6 Å². The number of benzene rings is 1. The van der Waals surface area contributed by atoms with Crippen LogP contribution in [0.15, 0.2) is 18.2 Å². The van der Waals surface area contributed by atoms with E-state index < -0.39 is 0 Å². The van der Waals surface area contributed by atoms with Crippen LogP contribution in [0.1, 0.15) is 47.7 Å². The number of hydrogen-bond acceptors (Lipinski definition) is 1. The second kappa shape index (κ2) is 4.40. The van der Waals surface area contributed by atoms with Crippen LogP contribution in [0, 0.1) is 25.7 Å². The van der Waals surface area contributed by atoms with Gasteiger partial charge in [0.15, 0.2) is 5.78 Å². The lowest BCUT2D eigenvalue weighted by molar-refractivity contribution is 0.0920. The molecule has 1 saturated carbocycles. The number of ketones is 1. The first-order valence-corrected chi connectivity index (χ1v) is 6.19. The van der Waals surface area contributed by atoms with Crippen LogP contribution in [0.25, 0.3) is 0 Å². The molecule has 0 bridgehead atoms. The normalized spacial score (nSPS) is 24.7. The lowest BCUT2D eigenvalue weighted by atomic mass is 9.92. The van der Waals surface area contributed by atoms with Crippen LogP contribution in [-0.2, 0) is 0 Å². The molecule has 1 aliphatic rings. The van der Waals surface area contributed by atoms with E-state index in [1.54, 1.807) is 0 Å². The van der Waals surface area contributed by atoms with Gasteiger partial charge < -0.3 is 0 Å². The van der Waals surface area contributed by atoms with E-state index in [2.05, 4.69) is 19.9 Å². The second-order valence-corrected chi connectivity index (χ2v) is 5.30. The van der Waals surface area contributed by atoms with Crippen molar-refractivity contribution in [3.63, 3.8) is 0 Å². The maximum absolute atomic E-state index is 12.3. The zero-order valence-electron chi connectivity index (χ0n) is 10.4. The Bertz CT molecular complexity index is 406. The summed E-state index contributed by atoms with van der Waals surface area (Å²) in [5.74, 6) is 1.36. The van der Waals surface area contributed by atoms with Gasteiger partial charge in [-0.3, -0.25) is 4.79 Å². The maximum Gasteiger partial charge on any atom is 0.166 e. The SMILES string of the molecule is Cc1ccc(C(=O)C2CCC(C)C2)c(C)c1. The third kappa shape index (κ3) is 2.18. The van der Waals surface area contributed by atoms with Crippen molar-refractivity contribution < 1.29 is 4.79 Å². The highest BCUT2D eigenvalue weighted by molar-refractivity contribution is 5.99. The summed E-state index contributed by atoms with van der Waals surface area (Å²) in [6.45, 7) is 6.35. The summed E-state index contributed by atoms with van der Waals surface area (Å²) < 4.78 is 0. The summed E-state index contributed by atoms with van der Waals surface area (Å²) in [7, 11) is 0. The molecule has 1 heteroatoms. The standard InChI is InChI=1S/C15H20O/c1-10-5-7-14(12(3)8-10)15(16)13-6-4-11(2)9-13/h5,7-8,11,13H,4,6,9H2,1-3H3.